The summed E-state index contributed by atoms with van der Waals surface area (Å²) >= 11 is 0.939. The highest BCUT2D eigenvalue weighted by Gasteiger charge is 2.31. The van der Waals surface area contributed by atoms with Crippen LogP contribution in [0.4, 0.5) is 20.2 Å². The number of halogens is 2. The minimum Gasteiger partial charge on any atom is -0.328 e. The number of nitriles is 1. The number of hydrogen-bond donors (Lipinski definition) is 0. The second-order valence-corrected chi connectivity index (χ2v) is 6.72. The molecule has 1 heterocycles. The zero-order valence-corrected chi connectivity index (χ0v) is 15.0. The molecule has 0 amide bonds. The fraction of sp³-hybridized carbons (Fsp3) is 0.158. The Balaban J connectivity index is 1.86. The smallest absolute Gasteiger partial charge is 0.187 e. The molecule has 0 bridgehead atoms. The summed E-state index contributed by atoms with van der Waals surface area (Å²) in [5.41, 5.74) is 1.78. The van der Waals surface area contributed by atoms with Crippen LogP contribution >= 0.6 is 11.8 Å². The largest absolute Gasteiger partial charge is 0.328 e. The van der Waals surface area contributed by atoms with Crippen molar-refractivity contribution in [3.63, 3.8) is 0 Å². The van der Waals surface area contributed by atoms with Gasteiger partial charge in [-0.2, -0.15) is 5.26 Å². The molecular formula is C19H15F2N3OS. The lowest BCUT2D eigenvalue weighted by Crippen LogP contribution is -2.26. The van der Waals surface area contributed by atoms with Gasteiger partial charge in [0.15, 0.2) is 5.78 Å². The number of nitrogens with zero attached hydrogens (tertiary/aromatic N) is 3. The van der Waals surface area contributed by atoms with Crippen molar-refractivity contribution in [2.24, 2.45) is 0 Å². The molecule has 132 valence electrons. The average Bonchev–Trinajstić information content (AvgIpc) is 2.87. The first-order valence-corrected chi connectivity index (χ1v) is 8.74. The summed E-state index contributed by atoms with van der Waals surface area (Å²) < 4.78 is 26.7. The maximum Gasteiger partial charge on any atom is 0.187 e. The van der Waals surface area contributed by atoms with Gasteiger partial charge >= 0.3 is 0 Å². The highest BCUT2D eigenvalue weighted by Crippen LogP contribution is 2.40. The van der Waals surface area contributed by atoms with Crippen LogP contribution in [0.25, 0.3) is 0 Å². The van der Waals surface area contributed by atoms with E-state index < -0.39 is 17.4 Å². The Morgan fingerprint density at radius 2 is 1.73 bits per heavy atom. The maximum absolute atomic E-state index is 13.7. The van der Waals surface area contributed by atoms with Crippen LogP contribution in [0.5, 0.6) is 0 Å². The SMILES string of the molecule is CN1C(=C(C#N)C(=O)CSc2ccc(F)cc2F)N(C)c2ccccc21. The number of para-hydroxylation sites is 2. The molecule has 2 aromatic rings. The predicted molar refractivity (Wildman–Crippen MR) is 98.0 cm³/mol. The molecule has 0 spiro atoms. The van der Waals surface area contributed by atoms with E-state index in [1.165, 1.54) is 6.07 Å². The second-order valence-electron chi connectivity index (χ2n) is 5.70. The summed E-state index contributed by atoms with van der Waals surface area (Å²) in [6.45, 7) is 0. The van der Waals surface area contributed by atoms with Crippen molar-refractivity contribution in [2.75, 3.05) is 29.6 Å². The normalized spacial score (nSPS) is 12.8. The van der Waals surface area contributed by atoms with Crippen molar-refractivity contribution in [3.8, 4) is 6.07 Å². The maximum atomic E-state index is 13.7. The highest BCUT2D eigenvalue weighted by molar-refractivity contribution is 8.00. The minimum atomic E-state index is -0.725. The molecule has 0 N–H and O–H groups in total. The third kappa shape index (κ3) is 3.16. The van der Waals surface area contributed by atoms with E-state index in [9.17, 15) is 18.8 Å². The Hall–Kier alpha value is -2.85. The fourth-order valence-corrected chi connectivity index (χ4v) is 3.66. The standard InChI is InChI=1S/C19H15F2N3OS/c1-23-15-5-3-4-6-16(15)24(2)19(23)13(10-22)17(25)11-26-18-8-7-12(20)9-14(18)21/h3-9H,11H2,1-2H3. The second kappa shape index (κ2) is 7.18. The van der Waals surface area contributed by atoms with E-state index >= 15 is 0 Å². The van der Waals surface area contributed by atoms with Gasteiger partial charge in [0, 0.05) is 25.1 Å². The van der Waals surface area contributed by atoms with Gasteiger partial charge in [0.1, 0.15) is 29.1 Å². The predicted octanol–water partition coefficient (Wildman–Crippen LogP) is 3.95. The Morgan fingerprint density at radius 1 is 1.12 bits per heavy atom. The molecule has 0 saturated carbocycles. The fourth-order valence-electron chi connectivity index (χ4n) is 2.86. The summed E-state index contributed by atoms with van der Waals surface area (Å²) in [4.78, 5) is 16.3. The van der Waals surface area contributed by atoms with Crippen LogP contribution in [-0.2, 0) is 4.79 Å². The van der Waals surface area contributed by atoms with E-state index in [-0.39, 0.29) is 16.2 Å². The zero-order valence-electron chi connectivity index (χ0n) is 14.2. The van der Waals surface area contributed by atoms with Gasteiger partial charge in [0.25, 0.3) is 0 Å². The number of carbonyl (C=O) groups excluding carboxylic acids is 1. The first kappa shape index (κ1) is 18.0. The molecule has 3 rings (SSSR count). The van der Waals surface area contributed by atoms with E-state index in [4.69, 9.17) is 0 Å². The van der Waals surface area contributed by atoms with Gasteiger partial charge in [-0.15, -0.1) is 11.8 Å². The van der Waals surface area contributed by atoms with Crippen LogP contribution < -0.4 is 9.80 Å². The molecule has 0 aromatic heterocycles. The zero-order chi connectivity index (χ0) is 18.8. The molecule has 2 aromatic carbocycles. The molecule has 0 unspecified atom stereocenters. The number of thioether (sulfide) groups is 1. The Kier molecular flexibility index (Phi) is 4.96. The number of rotatable bonds is 4. The molecule has 4 nitrogen and oxygen atoms in total. The van der Waals surface area contributed by atoms with Crippen molar-refractivity contribution in [2.45, 2.75) is 4.90 Å². The lowest BCUT2D eigenvalue weighted by atomic mass is 10.2. The van der Waals surface area contributed by atoms with E-state index in [1.807, 2.05) is 30.3 Å². The molecule has 1 aliphatic rings. The van der Waals surface area contributed by atoms with Gasteiger partial charge < -0.3 is 9.80 Å². The monoisotopic (exact) mass is 371 g/mol. The molecule has 1 aliphatic heterocycles. The molecule has 0 saturated heterocycles. The van der Waals surface area contributed by atoms with Gasteiger partial charge in [-0.25, -0.2) is 8.78 Å². The van der Waals surface area contributed by atoms with Gasteiger partial charge in [-0.3, -0.25) is 4.79 Å². The third-order valence-electron chi connectivity index (χ3n) is 4.11. The highest BCUT2D eigenvalue weighted by atomic mass is 32.2. The van der Waals surface area contributed by atoms with Crippen LogP contribution in [0, 0.1) is 23.0 Å². The van der Waals surface area contributed by atoms with Crippen LogP contribution in [0.3, 0.4) is 0 Å². The summed E-state index contributed by atoms with van der Waals surface area (Å²) in [6, 6.07) is 12.7. The van der Waals surface area contributed by atoms with Crippen molar-refractivity contribution in [1.82, 2.24) is 0 Å². The third-order valence-corrected chi connectivity index (χ3v) is 5.16. The Bertz CT molecular complexity index is 921. The number of ketones is 1. The van der Waals surface area contributed by atoms with Crippen molar-refractivity contribution in [1.29, 1.82) is 5.26 Å². The van der Waals surface area contributed by atoms with Gasteiger partial charge in [0.2, 0.25) is 0 Å². The van der Waals surface area contributed by atoms with Crippen molar-refractivity contribution in [3.05, 3.63) is 65.5 Å². The number of carbonyl (C=O) groups is 1. The van der Waals surface area contributed by atoms with Crippen molar-refractivity contribution < 1.29 is 13.6 Å². The number of allylic oxidation sites excluding steroid dienone is 1. The molecule has 0 radical (unpaired) electrons. The van der Waals surface area contributed by atoms with Crippen LogP contribution in [0.15, 0.2) is 58.8 Å². The van der Waals surface area contributed by atoms with Crippen LogP contribution in [0.1, 0.15) is 0 Å². The van der Waals surface area contributed by atoms with Crippen LogP contribution in [0.2, 0.25) is 0 Å². The number of anilines is 2. The summed E-state index contributed by atoms with van der Waals surface area (Å²) in [7, 11) is 3.57. The minimum absolute atomic E-state index is 0.00113. The van der Waals surface area contributed by atoms with Crippen LogP contribution in [-0.4, -0.2) is 25.6 Å². The quantitative estimate of drug-likeness (QED) is 0.463. The van der Waals surface area contributed by atoms with Gasteiger partial charge in [0.05, 0.1) is 17.1 Å². The molecule has 0 aliphatic carbocycles. The summed E-state index contributed by atoms with van der Waals surface area (Å²) in [5, 5.41) is 9.54. The van der Waals surface area contributed by atoms with E-state index in [2.05, 4.69) is 0 Å². The number of benzene rings is 2. The number of fused-ring (bicyclic) bond motifs is 1. The number of Topliss-reactive ketones (excluding diaryl/α,β-unsaturated/α-hetero) is 1. The van der Waals surface area contributed by atoms with E-state index in [0.717, 1.165) is 35.3 Å². The molecule has 26 heavy (non-hydrogen) atoms. The topological polar surface area (TPSA) is 47.3 Å². The van der Waals surface area contributed by atoms with Gasteiger partial charge in [-0.05, 0) is 24.3 Å². The Morgan fingerprint density at radius 3 is 2.27 bits per heavy atom. The lowest BCUT2D eigenvalue weighted by Gasteiger charge is -2.19. The number of hydrogen-bond acceptors (Lipinski definition) is 5. The molecule has 0 atom stereocenters. The first-order chi connectivity index (χ1) is 12.4. The first-order valence-electron chi connectivity index (χ1n) is 7.76. The summed E-state index contributed by atoms with van der Waals surface area (Å²) in [5.74, 6) is -1.45. The average molecular weight is 371 g/mol. The lowest BCUT2D eigenvalue weighted by molar-refractivity contribution is -0.112. The van der Waals surface area contributed by atoms with Gasteiger partial charge in [-0.1, -0.05) is 12.1 Å². The summed E-state index contributed by atoms with van der Waals surface area (Å²) in [6.07, 6.45) is 0. The van der Waals surface area contributed by atoms with E-state index in [1.54, 1.807) is 23.9 Å². The molecule has 0 fully saturated rings. The Labute approximate surface area is 154 Å². The van der Waals surface area contributed by atoms with E-state index in [0.29, 0.717) is 5.82 Å². The molecule has 7 heteroatoms. The molecular weight excluding hydrogens is 356 g/mol. The van der Waals surface area contributed by atoms with Crippen molar-refractivity contribution >= 4 is 28.9 Å².